The number of halogens is 3. The molecule has 0 aliphatic rings. The van der Waals surface area contributed by atoms with Crippen molar-refractivity contribution in [2.75, 3.05) is 0 Å². The van der Waals surface area contributed by atoms with Gasteiger partial charge in [0.2, 0.25) is 0 Å². The van der Waals surface area contributed by atoms with Crippen LogP contribution in [0.5, 0.6) is 0 Å². The molecule has 0 spiro atoms. The van der Waals surface area contributed by atoms with Gasteiger partial charge in [-0.25, -0.2) is 14.4 Å². The second kappa shape index (κ2) is 3.77. The van der Waals surface area contributed by atoms with Crippen molar-refractivity contribution >= 4 is 68.6 Å². The molecule has 0 fully saturated rings. The van der Waals surface area contributed by atoms with Crippen molar-refractivity contribution in [2.45, 2.75) is 0 Å². The zero-order valence-corrected chi connectivity index (χ0v) is 11.7. The third-order valence-electron chi connectivity index (χ3n) is 1.01. The molecular formula is C3I3N3O3. The lowest BCUT2D eigenvalue weighted by atomic mass is 11.0. The smallest absolute Gasteiger partial charge is 0.246 e. The van der Waals surface area contributed by atoms with E-state index in [1.165, 1.54) is 68.6 Å². The predicted molar refractivity (Wildman–Crippen MR) is 67.5 cm³/mol. The van der Waals surface area contributed by atoms with E-state index in [0.29, 0.717) is 0 Å². The first-order valence-corrected chi connectivity index (χ1v) is 5.36. The van der Waals surface area contributed by atoms with Gasteiger partial charge in [0.25, 0.3) is 0 Å². The van der Waals surface area contributed by atoms with Gasteiger partial charge in [-0.15, -0.1) is 0 Å². The van der Waals surface area contributed by atoms with Gasteiger partial charge < -0.3 is 0 Å². The molecule has 0 atom stereocenters. The minimum atomic E-state index is -0.640. The molecule has 0 aliphatic carbocycles. The van der Waals surface area contributed by atoms with Crippen molar-refractivity contribution < 1.29 is 0 Å². The fourth-order valence-electron chi connectivity index (χ4n) is 0.477. The average Bonchev–Trinajstić information content (AvgIpc) is 2.08. The zero-order chi connectivity index (χ0) is 9.46. The summed E-state index contributed by atoms with van der Waals surface area (Å²) in [4.78, 5) is 33.2. The third kappa shape index (κ3) is 1.61. The Balaban J connectivity index is 4.00. The Kier molecular flexibility index (Phi) is 3.35. The second-order valence-corrected chi connectivity index (χ2v) is 4.58. The summed E-state index contributed by atoms with van der Waals surface area (Å²) < 4.78 is 2.49. The van der Waals surface area contributed by atoms with E-state index in [1.54, 1.807) is 0 Å². The van der Waals surface area contributed by atoms with Gasteiger partial charge in [-0.2, -0.15) is 8.34 Å². The molecule has 0 N–H and O–H groups in total. The number of aromatic nitrogens is 3. The summed E-state index contributed by atoms with van der Waals surface area (Å²) in [6, 6.07) is 0. The highest BCUT2D eigenvalue weighted by Gasteiger charge is 2.09. The lowest BCUT2D eigenvalue weighted by Crippen LogP contribution is -2.46. The molecule has 0 unspecified atom stereocenters. The van der Waals surface area contributed by atoms with Gasteiger partial charge >= 0.3 is 17.1 Å². The van der Waals surface area contributed by atoms with E-state index < -0.39 is 17.1 Å². The van der Waals surface area contributed by atoms with Crippen molar-refractivity contribution in [3.63, 3.8) is 0 Å². The molecule has 0 aromatic carbocycles. The fraction of sp³-hybridized carbons (Fsp3) is 0. The van der Waals surface area contributed by atoms with Crippen LogP contribution >= 0.6 is 68.6 Å². The molecule has 0 radical (unpaired) electrons. The van der Waals surface area contributed by atoms with Gasteiger partial charge in [0, 0.05) is 0 Å². The Labute approximate surface area is 107 Å². The molecule has 1 rings (SSSR count). The fourth-order valence-corrected chi connectivity index (χ4v) is 3.01. The van der Waals surface area contributed by atoms with E-state index in [9.17, 15) is 14.4 Å². The molecule has 0 aliphatic heterocycles. The van der Waals surface area contributed by atoms with E-state index in [0.717, 1.165) is 8.34 Å². The summed E-state index contributed by atoms with van der Waals surface area (Å²) in [6.45, 7) is 0. The van der Waals surface area contributed by atoms with E-state index in [4.69, 9.17) is 0 Å². The number of hydrogen-bond acceptors (Lipinski definition) is 3. The van der Waals surface area contributed by atoms with E-state index in [2.05, 4.69) is 0 Å². The molecule has 66 valence electrons. The monoisotopic (exact) mass is 507 g/mol. The van der Waals surface area contributed by atoms with Gasteiger partial charge in [0.1, 0.15) is 0 Å². The van der Waals surface area contributed by atoms with Crippen LogP contribution in [0.3, 0.4) is 0 Å². The quantitative estimate of drug-likeness (QED) is 0.457. The first-order chi connectivity index (χ1) is 5.46. The van der Waals surface area contributed by atoms with Gasteiger partial charge in [-0.1, -0.05) is 0 Å². The van der Waals surface area contributed by atoms with Crippen LogP contribution in [0.15, 0.2) is 14.4 Å². The van der Waals surface area contributed by atoms with Crippen molar-refractivity contribution in [3.05, 3.63) is 31.5 Å². The maximum Gasteiger partial charge on any atom is 0.354 e. The molecular weight excluding hydrogens is 507 g/mol. The average molecular weight is 507 g/mol. The van der Waals surface area contributed by atoms with Crippen LogP contribution in [0.4, 0.5) is 0 Å². The van der Waals surface area contributed by atoms with E-state index in [-0.39, 0.29) is 0 Å². The first kappa shape index (κ1) is 10.7. The molecule has 12 heavy (non-hydrogen) atoms. The van der Waals surface area contributed by atoms with Crippen LogP contribution in [0, 0.1) is 0 Å². The zero-order valence-electron chi connectivity index (χ0n) is 5.20. The minimum absolute atomic E-state index is 0.640. The van der Waals surface area contributed by atoms with Crippen LogP contribution in [0.25, 0.3) is 0 Å². The Morgan fingerprint density at radius 3 is 1.00 bits per heavy atom. The number of nitrogens with zero attached hydrogens (tertiary/aromatic N) is 3. The van der Waals surface area contributed by atoms with E-state index in [1.807, 2.05) is 0 Å². The Morgan fingerprint density at radius 1 is 0.667 bits per heavy atom. The summed E-state index contributed by atoms with van der Waals surface area (Å²) in [5.74, 6) is 0. The standard InChI is InChI=1S/C3I3N3O3/c4-7-1(10)8(5)3(12)9(6)2(7)11. The van der Waals surface area contributed by atoms with Crippen molar-refractivity contribution in [1.29, 1.82) is 0 Å². The number of hydrogen-bond donors (Lipinski definition) is 0. The molecule has 0 saturated carbocycles. The maximum atomic E-state index is 11.1. The predicted octanol–water partition coefficient (Wildman–Crippen LogP) is -0.234. The molecule has 1 aromatic heterocycles. The molecule has 0 saturated heterocycles. The molecule has 1 aromatic rings. The Morgan fingerprint density at radius 2 is 0.833 bits per heavy atom. The summed E-state index contributed by atoms with van der Waals surface area (Å²) in [6.07, 6.45) is 0. The van der Waals surface area contributed by atoms with Crippen LogP contribution in [0.2, 0.25) is 0 Å². The van der Waals surface area contributed by atoms with E-state index >= 15 is 0 Å². The molecule has 0 amide bonds. The third-order valence-corrected chi connectivity index (χ3v) is 3.48. The summed E-state index contributed by atoms with van der Waals surface area (Å²) in [7, 11) is 0. The van der Waals surface area contributed by atoms with Gasteiger partial charge in [0.15, 0.2) is 0 Å². The van der Waals surface area contributed by atoms with Crippen molar-refractivity contribution in [2.24, 2.45) is 0 Å². The van der Waals surface area contributed by atoms with Crippen LogP contribution in [0.1, 0.15) is 0 Å². The maximum absolute atomic E-state index is 11.1. The molecule has 9 heteroatoms. The van der Waals surface area contributed by atoms with Crippen molar-refractivity contribution in [3.8, 4) is 0 Å². The molecule has 6 nitrogen and oxygen atoms in total. The topological polar surface area (TPSA) is 66.0 Å². The summed E-state index contributed by atoms with van der Waals surface area (Å²) >= 11 is 4.61. The highest BCUT2D eigenvalue weighted by atomic mass is 127. The Hall–Kier alpha value is 0.600. The highest BCUT2D eigenvalue weighted by Crippen LogP contribution is 1.85. The normalized spacial score (nSPS) is 10.2. The second-order valence-electron chi connectivity index (χ2n) is 1.69. The van der Waals surface area contributed by atoms with Crippen LogP contribution in [-0.4, -0.2) is 8.34 Å². The Bertz CT molecular complexity index is 381. The van der Waals surface area contributed by atoms with Gasteiger partial charge in [-0.05, 0) is 0 Å². The summed E-state index contributed by atoms with van der Waals surface area (Å²) in [5, 5.41) is 0. The number of rotatable bonds is 0. The molecule has 1 heterocycles. The SMILES string of the molecule is O=c1n(I)c(=O)n(I)c(=O)n1I. The lowest BCUT2D eigenvalue weighted by Gasteiger charge is -1.97. The van der Waals surface area contributed by atoms with Crippen LogP contribution < -0.4 is 17.1 Å². The van der Waals surface area contributed by atoms with Gasteiger partial charge in [-0.3, -0.25) is 0 Å². The highest BCUT2D eigenvalue weighted by molar-refractivity contribution is 14.1. The van der Waals surface area contributed by atoms with Crippen LogP contribution in [-0.2, 0) is 0 Å². The minimum Gasteiger partial charge on any atom is -0.246 e. The summed E-state index contributed by atoms with van der Waals surface area (Å²) in [5.41, 5.74) is -1.92. The largest absolute Gasteiger partial charge is 0.354 e. The van der Waals surface area contributed by atoms with Gasteiger partial charge in [0.05, 0.1) is 68.6 Å². The van der Waals surface area contributed by atoms with Crippen molar-refractivity contribution in [1.82, 2.24) is 8.34 Å². The lowest BCUT2D eigenvalue weighted by molar-refractivity contribution is 0.843. The molecule has 0 bridgehead atoms. The first-order valence-electron chi connectivity index (χ1n) is 2.46.